The number of aliphatic imine (C=N–C) groups is 1. The molecule has 0 spiro atoms. The van der Waals surface area contributed by atoms with E-state index < -0.39 is 9.84 Å². The SMILES string of the molecule is CCOCCCNC(=NC)NC1CCS(=O)(=O)C1.I. The van der Waals surface area contributed by atoms with Gasteiger partial charge >= 0.3 is 0 Å². The van der Waals surface area contributed by atoms with E-state index in [4.69, 9.17) is 4.74 Å². The number of hydrogen-bond donors (Lipinski definition) is 2. The van der Waals surface area contributed by atoms with Gasteiger partial charge in [0, 0.05) is 32.8 Å². The molecule has 1 unspecified atom stereocenters. The fourth-order valence-corrected chi connectivity index (χ4v) is 3.50. The van der Waals surface area contributed by atoms with Crippen LogP contribution < -0.4 is 10.6 Å². The van der Waals surface area contributed by atoms with Gasteiger partial charge < -0.3 is 15.4 Å². The Morgan fingerprint density at radius 2 is 2.21 bits per heavy atom. The van der Waals surface area contributed by atoms with Gasteiger partial charge in [-0.1, -0.05) is 0 Å². The molecule has 0 radical (unpaired) electrons. The van der Waals surface area contributed by atoms with E-state index in [1.807, 2.05) is 6.92 Å². The highest BCUT2D eigenvalue weighted by molar-refractivity contribution is 14.0. The van der Waals surface area contributed by atoms with Gasteiger partial charge in [-0.15, -0.1) is 24.0 Å². The number of hydrogen-bond acceptors (Lipinski definition) is 4. The van der Waals surface area contributed by atoms with Gasteiger partial charge in [0.15, 0.2) is 15.8 Å². The first kappa shape index (κ1) is 18.9. The standard InChI is InChI=1S/C11H23N3O3S.HI/c1-3-17-7-4-6-13-11(12-2)14-10-5-8-18(15,16)9-10;/h10H,3-9H2,1-2H3,(H2,12,13,14);1H. The van der Waals surface area contributed by atoms with Gasteiger partial charge in [0.1, 0.15) is 0 Å². The highest BCUT2D eigenvalue weighted by atomic mass is 127. The van der Waals surface area contributed by atoms with Crippen LogP contribution in [0.4, 0.5) is 0 Å². The van der Waals surface area contributed by atoms with Crippen LogP contribution in [0, 0.1) is 0 Å². The largest absolute Gasteiger partial charge is 0.382 e. The van der Waals surface area contributed by atoms with Gasteiger partial charge in [-0.3, -0.25) is 4.99 Å². The third-order valence-electron chi connectivity index (χ3n) is 2.76. The second-order valence-corrected chi connectivity index (χ2v) is 6.52. The molecule has 0 aliphatic carbocycles. The minimum absolute atomic E-state index is 0. The zero-order valence-electron chi connectivity index (χ0n) is 11.5. The molecule has 0 bridgehead atoms. The molecule has 0 saturated carbocycles. The summed E-state index contributed by atoms with van der Waals surface area (Å²) in [6, 6.07) is -0.0203. The molecular formula is C11H24IN3O3S. The van der Waals surface area contributed by atoms with Crippen molar-refractivity contribution >= 4 is 39.8 Å². The molecule has 2 N–H and O–H groups in total. The smallest absolute Gasteiger partial charge is 0.191 e. The molecule has 0 aromatic carbocycles. The summed E-state index contributed by atoms with van der Waals surface area (Å²) in [6.45, 7) is 4.18. The Labute approximate surface area is 132 Å². The van der Waals surface area contributed by atoms with Gasteiger partial charge in [-0.25, -0.2) is 8.42 Å². The van der Waals surface area contributed by atoms with Crippen LogP contribution in [0.2, 0.25) is 0 Å². The normalized spacial score (nSPS) is 21.8. The van der Waals surface area contributed by atoms with E-state index in [2.05, 4.69) is 15.6 Å². The Morgan fingerprint density at radius 3 is 2.74 bits per heavy atom. The van der Waals surface area contributed by atoms with Crippen molar-refractivity contribution < 1.29 is 13.2 Å². The van der Waals surface area contributed by atoms with Crippen molar-refractivity contribution in [3.8, 4) is 0 Å². The first-order valence-corrected chi connectivity index (χ1v) is 8.15. The van der Waals surface area contributed by atoms with E-state index in [0.29, 0.717) is 12.4 Å². The average Bonchev–Trinajstić information content (AvgIpc) is 2.67. The molecule has 1 rings (SSSR count). The third kappa shape index (κ3) is 7.93. The van der Waals surface area contributed by atoms with Crippen LogP contribution in [0.25, 0.3) is 0 Å². The molecule has 1 fully saturated rings. The van der Waals surface area contributed by atoms with Gasteiger partial charge in [-0.2, -0.15) is 0 Å². The van der Waals surface area contributed by atoms with E-state index in [-0.39, 0.29) is 41.5 Å². The first-order chi connectivity index (χ1) is 8.57. The zero-order chi connectivity index (χ0) is 13.4. The molecule has 0 aromatic heterocycles. The minimum atomic E-state index is -2.85. The fourth-order valence-electron chi connectivity index (χ4n) is 1.82. The van der Waals surface area contributed by atoms with E-state index in [0.717, 1.165) is 26.2 Å². The van der Waals surface area contributed by atoms with Crippen LogP contribution in [-0.4, -0.2) is 58.7 Å². The lowest BCUT2D eigenvalue weighted by atomic mass is 10.3. The van der Waals surface area contributed by atoms with E-state index in [9.17, 15) is 8.42 Å². The molecule has 1 heterocycles. The maximum Gasteiger partial charge on any atom is 0.191 e. The number of halogens is 1. The van der Waals surface area contributed by atoms with E-state index in [1.54, 1.807) is 7.05 Å². The molecule has 8 heteroatoms. The van der Waals surface area contributed by atoms with Crippen LogP contribution in [0.3, 0.4) is 0 Å². The quantitative estimate of drug-likeness (QED) is 0.289. The molecule has 114 valence electrons. The Bertz CT molecular complexity index is 373. The monoisotopic (exact) mass is 405 g/mol. The summed E-state index contributed by atoms with van der Waals surface area (Å²) < 4.78 is 27.9. The van der Waals surface area contributed by atoms with Crippen LogP contribution in [0.15, 0.2) is 4.99 Å². The van der Waals surface area contributed by atoms with Crippen LogP contribution >= 0.6 is 24.0 Å². The first-order valence-electron chi connectivity index (χ1n) is 6.32. The summed E-state index contributed by atoms with van der Waals surface area (Å²) >= 11 is 0. The van der Waals surface area contributed by atoms with Crippen molar-refractivity contribution in [2.24, 2.45) is 4.99 Å². The van der Waals surface area contributed by atoms with E-state index in [1.165, 1.54) is 0 Å². The number of ether oxygens (including phenoxy) is 1. The Morgan fingerprint density at radius 1 is 1.47 bits per heavy atom. The van der Waals surface area contributed by atoms with Gasteiger partial charge in [-0.05, 0) is 19.8 Å². The number of guanidine groups is 1. The molecule has 1 saturated heterocycles. The number of nitrogens with zero attached hydrogens (tertiary/aromatic N) is 1. The molecule has 0 aromatic rings. The maximum absolute atomic E-state index is 11.3. The second-order valence-electron chi connectivity index (χ2n) is 4.29. The summed E-state index contributed by atoms with van der Waals surface area (Å²) in [7, 11) is -1.17. The molecule has 0 amide bonds. The lowest BCUT2D eigenvalue weighted by Gasteiger charge is -2.15. The Balaban J connectivity index is 0.00000324. The highest BCUT2D eigenvalue weighted by Crippen LogP contribution is 2.10. The van der Waals surface area contributed by atoms with Gasteiger partial charge in [0.2, 0.25) is 0 Å². The fraction of sp³-hybridized carbons (Fsp3) is 0.909. The van der Waals surface area contributed by atoms with Crippen LogP contribution in [-0.2, 0) is 14.6 Å². The van der Waals surface area contributed by atoms with Gasteiger partial charge in [0.05, 0.1) is 11.5 Å². The third-order valence-corrected chi connectivity index (χ3v) is 4.53. The Kier molecular flexibility index (Phi) is 9.71. The van der Waals surface area contributed by atoms with Crippen LogP contribution in [0.5, 0.6) is 0 Å². The van der Waals surface area contributed by atoms with E-state index >= 15 is 0 Å². The molecule has 1 atom stereocenters. The molecular weight excluding hydrogens is 381 g/mol. The maximum atomic E-state index is 11.3. The predicted octanol–water partition coefficient (Wildman–Crippen LogP) is 0.383. The molecule has 1 aliphatic heterocycles. The Hall–Kier alpha value is -0.0900. The van der Waals surface area contributed by atoms with Crippen molar-refractivity contribution in [2.45, 2.75) is 25.8 Å². The van der Waals surface area contributed by atoms with Crippen LogP contribution in [0.1, 0.15) is 19.8 Å². The lowest BCUT2D eigenvalue weighted by molar-refractivity contribution is 0.145. The summed E-state index contributed by atoms with van der Waals surface area (Å²) in [5.74, 6) is 1.13. The molecule has 6 nitrogen and oxygen atoms in total. The zero-order valence-corrected chi connectivity index (χ0v) is 14.7. The van der Waals surface area contributed by atoms with Crippen molar-refractivity contribution in [1.29, 1.82) is 0 Å². The van der Waals surface area contributed by atoms with Crippen molar-refractivity contribution in [1.82, 2.24) is 10.6 Å². The predicted molar refractivity (Wildman–Crippen MR) is 88.1 cm³/mol. The number of nitrogens with one attached hydrogen (secondary N) is 2. The summed E-state index contributed by atoms with van der Waals surface area (Å²) in [5.41, 5.74) is 0. The molecule has 1 aliphatic rings. The minimum Gasteiger partial charge on any atom is -0.382 e. The summed E-state index contributed by atoms with van der Waals surface area (Å²) in [5, 5.41) is 6.28. The van der Waals surface area contributed by atoms with Crippen molar-refractivity contribution in [2.75, 3.05) is 38.3 Å². The molecule has 19 heavy (non-hydrogen) atoms. The lowest BCUT2D eigenvalue weighted by Crippen LogP contribution is -2.44. The number of sulfone groups is 1. The van der Waals surface area contributed by atoms with Crippen molar-refractivity contribution in [3.05, 3.63) is 0 Å². The summed E-state index contributed by atoms with van der Waals surface area (Å²) in [6.07, 6.45) is 1.56. The topological polar surface area (TPSA) is 79.8 Å². The van der Waals surface area contributed by atoms with Crippen molar-refractivity contribution in [3.63, 3.8) is 0 Å². The second kappa shape index (κ2) is 9.76. The summed E-state index contributed by atoms with van der Waals surface area (Å²) in [4.78, 5) is 4.08. The van der Waals surface area contributed by atoms with Gasteiger partial charge in [0.25, 0.3) is 0 Å². The highest BCUT2D eigenvalue weighted by Gasteiger charge is 2.28. The number of rotatable bonds is 6. The average molecular weight is 405 g/mol.